The molecule has 0 spiro atoms. The van der Waals surface area contributed by atoms with Gasteiger partial charge in [0.05, 0.1) is 17.4 Å². The van der Waals surface area contributed by atoms with Crippen LogP contribution >= 0.6 is 0 Å². The van der Waals surface area contributed by atoms with Crippen LogP contribution in [-0.2, 0) is 0 Å². The molecule has 5 aromatic rings. The number of nitrogens with zero attached hydrogens (tertiary/aromatic N) is 5. The normalized spacial score (nSPS) is 16.6. The van der Waals surface area contributed by atoms with Crippen LogP contribution in [0.2, 0.25) is 0 Å². The number of aromatic amines is 1. The van der Waals surface area contributed by atoms with E-state index in [1.165, 1.54) is 18.4 Å². The summed E-state index contributed by atoms with van der Waals surface area (Å²) in [6.45, 7) is 5.70. The molecule has 0 unspecified atom stereocenters. The summed E-state index contributed by atoms with van der Waals surface area (Å²) < 4.78 is 5.83. The van der Waals surface area contributed by atoms with E-state index in [4.69, 9.17) is 14.4 Å². The fourth-order valence-corrected chi connectivity index (χ4v) is 4.95. The van der Waals surface area contributed by atoms with Crippen LogP contribution in [0.3, 0.4) is 0 Å². The van der Waals surface area contributed by atoms with Gasteiger partial charge in [0.1, 0.15) is 17.2 Å². The number of hydrogen-bond acceptors (Lipinski definition) is 7. The fraction of sp³-hybridized carbons (Fsp3) is 0.308. The van der Waals surface area contributed by atoms with Crippen LogP contribution in [0, 0.1) is 6.92 Å². The monoisotopic (exact) mass is 451 g/mol. The Morgan fingerprint density at radius 1 is 1.06 bits per heavy atom. The summed E-state index contributed by atoms with van der Waals surface area (Å²) in [6.07, 6.45) is 8.13. The summed E-state index contributed by atoms with van der Waals surface area (Å²) >= 11 is 0. The quantitative estimate of drug-likeness (QED) is 0.417. The molecule has 0 amide bonds. The third kappa shape index (κ3) is 3.25. The zero-order chi connectivity index (χ0) is 22.6. The van der Waals surface area contributed by atoms with Crippen molar-refractivity contribution in [3.63, 3.8) is 0 Å². The first-order chi connectivity index (χ1) is 16.7. The van der Waals surface area contributed by atoms with Gasteiger partial charge in [-0.1, -0.05) is 0 Å². The molecule has 1 aliphatic carbocycles. The Morgan fingerprint density at radius 3 is 2.74 bits per heavy atom. The van der Waals surface area contributed by atoms with Crippen LogP contribution < -0.4 is 10.2 Å². The standard InChI is InChI=1S/C26H25N7O/c1-15-2-5-22(34-15)20-12-18-17(6-7-29-24(18)30-20)25-31-21-14-28-13-19(16-3-4-16)23(21)26(32-25)33-10-8-27-9-11-33/h2,5-7,12-14,16,27H,3-4,8-11H2,1H3,(H,29,30). The molecule has 34 heavy (non-hydrogen) atoms. The molecule has 7 rings (SSSR count). The molecule has 0 bridgehead atoms. The maximum absolute atomic E-state index is 5.83. The van der Waals surface area contributed by atoms with Gasteiger partial charge in [0.2, 0.25) is 0 Å². The van der Waals surface area contributed by atoms with E-state index < -0.39 is 0 Å². The average Bonchev–Trinajstić information content (AvgIpc) is 3.48. The van der Waals surface area contributed by atoms with Gasteiger partial charge >= 0.3 is 0 Å². The van der Waals surface area contributed by atoms with Crippen molar-refractivity contribution < 1.29 is 4.42 Å². The maximum atomic E-state index is 5.83. The average molecular weight is 452 g/mol. The summed E-state index contributed by atoms with van der Waals surface area (Å²) in [4.78, 5) is 25.1. The van der Waals surface area contributed by atoms with E-state index in [1.807, 2.05) is 43.7 Å². The van der Waals surface area contributed by atoms with E-state index in [0.29, 0.717) is 11.7 Å². The molecule has 5 aromatic heterocycles. The number of anilines is 1. The van der Waals surface area contributed by atoms with Crippen molar-refractivity contribution in [2.24, 2.45) is 0 Å². The molecule has 1 saturated heterocycles. The minimum absolute atomic E-state index is 0.573. The molecule has 0 atom stereocenters. The number of aromatic nitrogens is 5. The lowest BCUT2D eigenvalue weighted by molar-refractivity contribution is 0.547. The highest BCUT2D eigenvalue weighted by atomic mass is 16.3. The molecule has 1 saturated carbocycles. The predicted molar refractivity (Wildman–Crippen MR) is 132 cm³/mol. The van der Waals surface area contributed by atoms with Gasteiger partial charge in [-0.05, 0) is 55.5 Å². The zero-order valence-corrected chi connectivity index (χ0v) is 19.0. The van der Waals surface area contributed by atoms with Crippen molar-refractivity contribution in [2.75, 3.05) is 31.1 Å². The molecule has 2 fully saturated rings. The largest absolute Gasteiger partial charge is 0.460 e. The number of rotatable bonds is 4. The van der Waals surface area contributed by atoms with Crippen LogP contribution in [0.15, 0.2) is 47.3 Å². The summed E-state index contributed by atoms with van der Waals surface area (Å²) in [5.74, 6) is 3.96. The molecular formula is C26H25N7O. The number of nitrogens with one attached hydrogen (secondary N) is 2. The molecular weight excluding hydrogens is 426 g/mol. The highest BCUT2D eigenvalue weighted by Gasteiger charge is 2.29. The lowest BCUT2D eigenvalue weighted by Gasteiger charge is -2.30. The number of fused-ring (bicyclic) bond motifs is 2. The van der Waals surface area contributed by atoms with Crippen LogP contribution in [0.1, 0.15) is 30.1 Å². The van der Waals surface area contributed by atoms with Crippen LogP contribution in [0.25, 0.3) is 44.8 Å². The zero-order valence-electron chi connectivity index (χ0n) is 19.0. The number of aryl methyl sites for hydroxylation is 1. The first kappa shape index (κ1) is 19.7. The summed E-state index contributed by atoms with van der Waals surface area (Å²) in [5.41, 5.74) is 4.83. The van der Waals surface area contributed by atoms with E-state index in [0.717, 1.165) is 76.7 Å². The van der Waals surface area contributed by atoms with Gasteiger partial charge in [-0.25, -0.2) is 15.0 Å². The molecule has 170 valence electrons. The fourth-order valence-electron chi connectivity index (χ4n) is 4.95. The van der Waals surface area contributed by atoms with Gasteiger partial charge in [0.15, 0.2) is 11.6 Å². The van der Waals surface area contributed by atoms with Crippen molar-refractivity contribution >= 4 is 27.8 Å². The smallest absolute Gasteiger partial charge is 0.163 e. The molecule has 8 nitrogen and oxygen atoms in total. The number of piperazine rings is 1. The second kappa shape index (κ2) is 7.63. The number of furan rings is 1. The number of pyridine rings is 2. The molecule has 0 radical (unpaired) electrons. The Hall–Kier alpha value is -3.78. The van der Waals surface area contributed by atoms with Gasteiger partial charge in [-0.3, -0.25) is 4.98 Å². The first-order valence-electron chi connectivity index (χ1n) is 11.9. The van der Waals surface area contributed by atoms with Crippen molar-refractivity contribution in [1.82, 2.24) is 30.2 Å². The van der Waals surface area contributed by atoms with E-state index >= 15 is 0 Å². The number of H-pyrrole nitrogens is 1. The summed E-state index contributed by atoms with van der Waals surface area (Å²) in [5, 5.41) is 5.59. The highest BCUT2D eigenvalue weighted by Crippen LogP contribution is 2.45. The lowest BCUT2D eigenvalue weighted by atomic mass is 10.1. The Morgan fingerprint density at radius 2 is 1.94 bits per heavy atom. The third-order valence-electron chi connectivity index (χ3n) is 6.83. The van der Waals surface area contributed by atoms with E-state index in [2.05, 4.69) is 31.2 Å². The Kier molecular flexibility index (Phi) is 4.41. The van der Waals surface area contributed by atoms with Crippen molar-refractivity contribution in [2.45, 2.75) is 25.7 Å². The van der Waals surface area contributed by atoms with E-state index in [-0.39, 0.29) is 0 Å². The molecule has 2 aliphatic rings. The second-order valence-corrected chi connectivity index (χ2v) is 9.22. The van der Waals surface area contributed by atoms with Crippen LogP contribution in [-0.4, -0.2) is 51.1 Å². The Balaban J connectivity index is 1.43. The first-order valence-corrected chi connectivity index (χ1v) is 11.9. The summed E-state index contributed by atoms with van der Waals surface area (Å²) in [7, 11) is 0. The molecule has 2 N–H and O–H groups in total. The van der Waals surface area contributed by atoms with E-state index in [1.54, 1.807) is 0 Å². The third-order valence-corrected chi connectivity index (χ3v) is 6.83. The van der Waals surface area contributed by atoms with Gasteiger partial charge in [-0.15, -0.1) is 0 Å². The predicted octanol–water partition coefficient (Wildman–Crippen LogP) is 4.42. The van der Waals surface area contributed by atoms with Gasteiger partial charge in [0, 0.05) is 54.9 Å². The maximum Gasteiger partial charge on any atom is 0.163 e. The number of hydrogen-bond donors (Lipinski definition) is 2. The topological polar surface area (TPSA) is 95.8 Å². The summed E-state index contributed by atoms with van der Waals surface area (Å²) in [6, 6.07) is 8.01. The molecule has 1 aliphatic heterocycles. The highest BCUT2D eigenvalue weighted by molar-refractivity contribution is 5.98. The Bertz CT molecular complexity index is 1530. The minimum Gasteiger partial charge on any atom is -0.460 e. The van der Waals surface area contributed by atoms with E-state index in [9.17, 15) is 0 Å². The van der Waals surface area contributed by atoms with Crippen LogP contribution in [0.5, 0.6) is 0 Å². The minimum atomic E-state index is 0.573. The van der Waals surface area contributed by atoms with Gasteiger partial charge < -0.3 is 19.6 Å². The molecule has 6 heterocycles. The molecule has 8 heteroatoms. The van der Waals surface area contributed by atoms with Gasteiger partial charge in [0.25, 0.3) is 0 Å². The molecule has 0 aromatic carbocycles. The second-order valence-electron chi connectivity index (χ2n) is 9.22. The van der Waals surface area contributed by atoms with Crippen LogP contribution in [0.4, 0.5) is 5.82 Å². The lowest BCUT2D eigenvalue weighted by Crippen LogP contribution is -2.44. The van der Waals surface area contributed by atoms with Crippen molar-refractivity contribution in [3.05, 3.63) is 54.2 Å². The van der Waals surface area contributed by atoms with Gasteiger partial charge in [-0.2, -0.15) is 0 Å². The van der Waals surface area contributed by atoms with Crippen molar-refractivity contribution in [1.29, 1.82) is 0 Å². The SMILES string of the molecule is Cc1ccc(-c2cc3c(-c4nc(N5CCNCC5)c5c(C6CC6)cncc5n4)ccnc3[nH]2)o1. The Labute approximate surface area is 196 Å². The van der Waals surface area contributed by atoms with Crippen molar-refractivity contribution in [3.8, 4) is 22.8 Å².